The molecule has 2 aromatic heterocycles. The molecule has 45 heavy (non-hydrogen) atoms. The maximum Gasteiger partial charge on any atom is 0.348 e. The summed E-state index contributed by atoms with van der Waals surface area (Å²) in [6.07, 6.45) is 5.15. The molecule has 2 heterocycles. The Morgan fingerprint density at radius 3 is 2.42 bits per heavy atom. The lowest BCUT2D eigenvalue weighted by Crippen LogP contribution is -2.27. The van der Waals surface area contributed by atoms with Crippen LogP contribution in [0.25, 0.3) is 0 Å². The highest BCUT2D eigenvalue weighted by molar-refractivity contribution is 8.00. The van der Waals surface area contributed by atoms with Crippen LogP contribution in [0.2, 0.25) is 0 Å². The van der Waals surface area contributed by atoms with Crippen molar-refractivity contribution in [3.63, 3.8) is 0 Å². The zero-order chi connectivity index (χ0) is 32.5. The molecule has 2 N–H and O–H groups in total. The van der Waals surface area contributed by atoms with Gasteiger partial charge in [-0.25, -0.2) is 9.59 Å². The molecule has 1 atom stereocenters. The number of para-hydroxylation sites is 1. The van der Waals surface area contributed by atoms with Crippen molar-refractivity contribution in [1.82, 2.24) is 20.1 Å². The van der Waals surface area contributed by atoms with Crippen molar-refractivity contribution in [2.24, 2.45) is 0 Å². The van der Waals surface area contributed by atoms with Crippen molar-refractivity contribution in [1.29, 1.82) is 0 Å². The minimum Gasteiger partial charge on any atom is -0.496 e. The highest BCUT2D eigenvalue weighted by Crippen LogP contribution is 2.37. The number of nitrogens with one attached hydrogen (secondary N) is 2. The molecular formula is C31H39N5O7S2. The molecule has 3 aromatic rings. The number of aromatic nitrogens is 3. The van der Waals surface area contributed by atoms with Crippen molar-refractivity contribution in [2.75, 3.05) is 25.6 Å². The summed E-state index contributed by atoms with van der Waals surface area (Å²) in [6.45, 7) is 7.21. The van der Waals surface area contributed by atoms with Gasteiger partial charge in [0.05, 0.1) is 43.2 Å². The fourth-order valence-electron chi connectivity index (χ4n) is 5.17. The Balaban J connectivity index is 1.54. The number of rotatable bonds is 13. The summed E-state index contributed by atoms with van der Waals surface area (Å²) >= 11 is 2.22. The van der Waals surface area contributed by atoms with Crippen LogP contribution in [-0.4, -0.2) is 64.1 Å². The molecule has 12 nitrogen and oxygen atoms in total. The van der Waals surface area contributed by atoms with Crippen LogP contribution in [0.1, 0.15) is 101 Å². The van der Waals surface area contributed by atoms with E-state index in [9.17, 15) is 19.2 Å². The van der Waals surface area contributed by atoms with Crippen LogP contribution in [0, 0.1) is 6.92 Å². The maximum atomic E-state index is 13.5. The Morgan fingerprint density at radius 1 is 1.04 bits per heavy atom. The first-order chi connectivity index (χ1) is 21.7. The van der Waals surface area contributed by atoms with Crippen molar-refractivity contribution in [2.45, 2.75) is 82.8 Å². The van der Waals surface area contributed by atoms with E-state index in [-0.39, 0.29) is 53.1 Å². The van der Waals surface area contributed by atoms with E-state index in [1.807, 2.05) is 4.57 Å². The molecule has 0 spiro atoms. The van der Waals surface area contributed by atoms with Crippen LogP contribution in [0.15, 0.2) is 29.4 Å². The van der Waals surface area contributed by atoms with Gasteiger partial charge >= 0.3 is 11.9 Å². The van der Waals surface area contributed by atoms with Crippen LogP contribution < -0.4 is 15.4 Å². The SMILES string of the molecule is CCOC(=O)c1sc(NC(=O)[C@H](C)Sc2nnc(CNC(=O)c3ccccc3OC)n2C2CCCCC2)c(C(=O)OCC)c1C. The number of esters is 2. The predicted octanol–water partition coefficient (Wildman–Crippen LogP) is 5.56. The van der Waals surface area contributed by atoms with E-state index in [2.05, 4.69) is 20.8 Å². The van der Waals surface area contributed by atoms with E-state index >= 15 is 0 Å². The summed E-state index contributed by atoms with van der Waals surface area (Å²) in [5.74, 6) is -0.808. The molecule has 0 saturated heterocycles. The molecule has 0 bridgehead atoms. The predicted molar refractivity (Wildman–Crippen MR) is 171 cm³/mol. The number of thiophene rings is 1. The third-order valence-corrected chi connectivity index (χ3v) is 9.65. The average molecular weight is 658 g/mol. The average Bonchev–Trinajstić information content (AvgIpc) is 3.59. The van der Waals surface area contributed by atoms with Gasteiger partial charge in [0.15, 0.2) is 11.0 Å². The zero-order valence-electron chi connectivity index (χ0n) is 26.1. The third kappa shape index (κ3) is 8.03. The maximum absolute atomic E-state index is 13.5. The van der Waals surface area contributed by atoms with Gasteiger partial charge in [0.2, 0.25) is 5.91 Å². The van der Waals surface area contributed by atoms with E-state index < -0.39 is 17.2 Å². The molecule has 1 aromatic carbocycles. The van der Waals surface area contributed by atoms with E-state index in [0.717, 1.165) is 43.4 Å². The number of thioether (sulfide) groups is 1. The normalized spacial score (nSPS) is 14.0. The number of ether oxygens (including phenoxy) is 3. The summed E-state index contributed by atoms with van der Waals surface area (Å²) in [6, 6.07) is 7.12. The van der Waals surface area contributed by atoms with Crippen LogP contribution in [0.3, 0.4) is 0 Å². The van der Waals surface area contributed by atoms with Crippen molar-refractivity contribution in [3.8, 4) is 5.75 Å². The Kier molecular flexibility index (Phi) is 12.0. The lowest BCUT2D eigenvalue weighted by molar-refractivity contribution is -0.115. The van der Waals surface area contributed by atoms with Gasteiger partial charge < -0.3 is 29.4 Å². The highest BCUT2D eigenvalue weighted by Gasteiger charge is 2.30. The van der Waals surface area contributed by atoms with E-state index in [1.165, 1.54) is 18.9 Å². The number of carbonyl (C=O) groups is 4. The molecule has 14 heteroatoms. The second-order valence-corrected chi connectivity index (χ2v) is 12.7. The van der Waals surface area contributed by atoms with Gasteiger partial charge in [-0.1, -0.05) is 43.2 Å². The highest BCUT2D eigenvalue weighted by atomic mass is 32.2. The molecule has 0 aliphatic heterocycles. The first-order valence-corrected chi connectivity index (χ1v) is 16.7. The standard InChI is InChI=1S/C31H39N5O7S2/c1-6-42-29(39)24-18(3)25(30(40)43-7-2)45-28(24)33-26(37)19(4)44-31-35-34-23(36(31)20-13-9-8-10-14-20)17-32-27(38)21-15-11-12-16-22(21)41-5/h11-12,15-16,19-20H,6-10,13-14,17H2,1-5H3,(H,32,38)(H,33,37)/t19-/m0/s1. The molecule has 1 aliphatic carbocycles. The summed E-state index contributed by atoms with van der Waals surface area (Å²) in [7, 11) is 1.52. The Hall–Kier alpha value is -3.91. The van der Waals surface area contributed by atoms with Gasteiger partial charge in [-0.05, 0) is 58.2 Å². The first kappa shape index (κ1) is 34.0. The fourth-order valence-corrected chi connectivity index (χ4v) is 7.20. The number of nitrogens with zero attached hydrogens (tertiary/aromatic N) is 3. The molecule has 242 valence electrons. The van der Waals surface area contributed by atoms with E-state index in [4.69, 9.17) is 14.2 Å². The summed E-state index contributed by atoms with van der Waals surface area (Å²) < 4.78 is 17.7. The van der Waals surface area contributed by atoms with Crippen LogP contribution >= 0.6 is 23.1 Å². The molecule has 1 saturated carbocycles. The zero-order valence-corrected chi connectivity index (χ0v) is 27.8. The molecule has 0 unspecified atom stereocenters. The lowest BCUT2D eigenvalue weighted by Gasteiger charge is -2.26. The molecule has 4 rings (SSSR count). The third-order valence-electron chi connectivity index (χ3n) is 7.41. The van der Waals surface area contributed by atoms with Gasteiger partial charge in [0, 0.05) is 6.04 Å². The van der Waals surface area contributed by atoms with Gasteiger partial charge in [-0.2, -0.15) is 0 Å². The lowest BCUT2D eigenvalue weighted by atomic mass is 9.95. The summed E-state index contributed by atoms with van der Waals surface area (Å²) in [5.41, 5.74) is 0.944. The number of hydrogen-bond acceptors (Lipinski definition) is 11. The monoisotopic (exact) mass is 657 g/mol. The van der Waals surface area contributed by atoms with Gasteiger partial charge in [-0.15, -0.1) is 21.5 Å². The van der Waals surface area contributed by atoms with E-state index in [1.54, 1.807) is 52.0 Å². The van der Waals surface area contributed by atoms with Crippen molar-refractivity contribution >= 4 is 51.9 Å². The van der Waals surface area contributed by atoms with Gasteiger partial charge in [0.25, 0.3) is 5.91 Å². The van der Waals surface area contributed by atoms with Crippen LogP contribution in [0.5, 0.6) is 5.75 Å². The fraction of sp³-hybridized carbons (Fsp3) is 0.484. The number of methoxy groups -OCH3 is 1. The quantitative estimate of drug-likeness (QED) is 0.177. The minimum absolute atomic E-state index is 0.132. The summed E-state index contributed by atoms with van der Waals surface area (Å²) in [5, 5.41) is 14.7. The Bertz CT molecular complexity index is 1530. The second kappa shape index (κ2) is 15.9. The molecule has 0 radical (unpaired) electrons. The number of anilines is 1. The van der Waals surface area contributed by atoms with Gasteiger partial charge in [0.1, 0.15) is 15.6 Å². The van der Waals surface area contributed by atoms with Crippen molar-refractivity contribution < 1.29 is 33.4 Å². The van der Waals surface area contributed by atoms with Gasteiger partial charge in [-0.3, -0.25) is 9.59 Å². The summed E-state index contributed by atoms with van der Waals surface area (Å²) in [4.78, 5) is 52.0. The number of carbonyl (C=O) groups excluding carboxylic acids is 4. The Morgan fingerprint density at radius 2 is 1.73 bits per heavy atom. The molecule has 1 aliphatic rings. The topological polar surface area (TPSA) is 151 Å². The molecule has 1 fully saturated rings. The van der Waals surface area contributed by atoms with Crippen molar-refractivity contribution in [3.05, 3.63) is 51.7 Å². The largest absolute Gasteiger partial charge is 0.496 e. The smallest absolute Gasteiger partial charge is 0.348 e. The van der Waals surface area contributed by atoms with Crippen LogP contribution in [-0.2, 0) is 20.8 Å². The number of amides is 2. The number of hydrogen-bond donors (Lipinski definition) is 2. The minimum atomic E-state index is -0.643. The molecular weight excluding hydrogens is 619 g/mol. The van der Waals surface area contributed by atoms with E-state index in [0.29, 0.717) is 27.9 Å². The Labute approximate surface area is 270 Å². The van der Waals surface area contributed by atoms with Crippen LogP contribution in [0.4, 0.5) is 5.00 Å². The number of benzene rings is 1. The molecule has 2 amide bonds. The first-order valence-electron chi connectivity index (χ1n) is 15.0. The second-order valence-electron chi connectivity index (χ2n) is 10.4.